The van der Waals surface area contributed by atoms with Crippen molar-refractivity contribution in [2.24, 2.45) is 5.92 Å². The largest absolute Gasteiger partial charge is 0.362 e. The molecule has 4 heteroatoms. The molecule has 0 radical (unpaired) electrons. The molecule has 0 amide bonds. The van der Waals surface area contributed by atoms with Crippen molar-refractivity contribution in [1.29, 1.82) is 0 Å². The van der Waals surface area contributed by atoms with Crippen LogP contribution in [0.25, 0.3) is 0 Å². The van der Waals surface area contributed by atoms with Crippen molar-refractivity contribution in [1.82, 2.24) is 15.5 Å². The van der Waals surface area contributed by atoms with Crippen molar-refractivity contribution >= 4 is 17.3 Å². The van der Waals surface area contributed by atoms with Crippen LogP contribution in [0.4, 0.5) is 0 Å². The molecule has 13 heavy (non-hydrogen) atoms. The van der Waals surface area contributed by atoms with E-state index in [1.165, 1.54) is 0 Å². The number of hydrogen-bond acceptors (Lipinski definition) is 2. The van der Waals surface area contributed by atoms with Gasteiger partial charge >= 0.3 is 0 Å². The number of rotatable bonds is 2. The molecule has 76 valence electrons. The first-order valence-electron chi connectivity index (χ1n) is 4.93. The Morgan fingerprint density at radius 1 is 1.46 bits per heavy atom. The standard InChI is InChI=1S/C9H19N3S/c1-8(2)7-11-9(13)12-5-3-10-4-6-12/h8,10H,3-7H2,1-2H3,(H,11,13). The zero-order valence-electron chi connectivity index (χ0n) is 8.47. The summed E-state index contributed by atoms with van der Waals surface area (Å²) in [7, 11) is 0. The molecule has 0 aromatic rings. The highest BCUT2D eigenvalue weighted by molar-refractivity contribution is 7.80. The van der Waals surface area contributed by atoms with Crippen LogP contribution in [0.5, 0.6) is 0 Å². The maximum absolute atomic E-state index is 5.28. The van der Waals surface area contributed by atoms with Gasteiger partial charge in [0.25, 0.3) is 0 Å². The Bertz CT molecular complexity index is 164. The third kappa shape index (κ3) is 3.91. The normalized spacial score (nSPS) is 17.6. The van der Waals surface area contributed by atoms with Gasteiger partial charge in [0, 0.05) is 32.7 Å². The highest BCUT2D eigenvalue weighted by Crippen LogP contribution is 1.95. The van der Waals surface area contributed by atoms with Crippen molar-refractivity contribution in [3.8, 4) is 0 Å². The van der Waals surface area contributed by atoms with E-state index in [9.17, 15) is 0 Å². The molecule has 1 saturated heterocycles. The maximum Gasteiger partial charge on any atom is 0.169 e. The minimum atomic E-state index is 0.654. The number of thiocarbonyl (C=S) groups is 1. The quantitative estimate of drug-likeness (QED) is 0.633. The van der Waals surface area contributed by atoms with Crippen molar-refractivity contribution in [2.75, 3.05) is 32.7 Å². The molecule has 0 spiro atoms. The summed E-state index contributed by atoms with van der Waals surface area (Å²) in [5, 5.41) is 7.50. The fourth-order valence-corrected chi connectivity index (χ4v) is 1.54. The summed E-state index contributed by atoms with van der Waals surface area (Å²) < 4.78 is 0. The van der Waals surface area contributed by atoms with E-state index in [1.54, 1.807) is 0 Å². The van der Waals surface area contributed by atoms with Gasteiger partial charge in [0.15, 0.2) is 5.11 Å². The summed E-state index contributed by atoms with van der Waals surface area (Å²) in [6, 6.07) is 0. The molecule has 0 saturated carbocycles. The molecule has 1 aliphatic heterocycles. The van der Waals surface area contributed by atoms with Gasteiger partial charge in [-0.25, -0.2) is 0 Å². The van der Waals surface area contributed by atoms with Gasteiger partial charge in [0.05, 0.1) is 0 Å². The van der Waals surface area contributed by atoms with E-state index >= 15 is 0 Å². The Labute approximate surface area is 85.9 Å². The Hall–Kier alpha value is -0.350. The van der Waals surface area contributed by atoms with Crippen LogP contribution in [0.1, 0.15) is 13.8 Å². The van der Waals surface area contributed by atoms with Crippen LogP contribution in [0.15, 0.2) is 0 Å². The van der Waals surface area contributed by atoms with Crippen LogP contribution >= 0.6 is 12.2 Å². The molecule has 1 heterocycles. The van der Waals surface area contributed by atoms with E-state index < -0.39 is 0 Å². The zero-order chi connectivity index (χ0) is 9.68. The van der Waals surface area contributed by atoms with Gasteiger partial charge in [-0.05, 0) is 18.1 Å². The van der Waals surface area contributed by atoms with Gasteiger partial charge in [-0.2, -0.15) is 0 Å². The summed E-state index contributed by atoms with van der Waals surface area (Å²) in [6.45, 7) is 9.50. The van der Waals surface area contributed by atoms with Crippen molar-refractivity contribution in [2.45, 2.75) is 13.8 Å². The molecule has 0 aromatic heterocycles. The lowest BCUT2D eigenvalue weighted by Crippen LogP contribution is -2.50. The highest BCUT2D eigenvalue weighted by atomic mass is 32.1. The van der Waals surface area contributed by atoms with Crippen molar-refractivity contribution in [3.05, 3.63) is 0 Å². The van der Waals surface area contributed by atoms with Crippen LogP contribution in [0.3, 0.4) is 0 Å². The fourth-order valence-electron chi connectivity index (χ4n) is 1.27. The zero-order valence-corrected chi connectivity index (χ0v) is 9.28. The molecule has 0 aromatic carbocycles. The summed E-state index contributed by atoms with van der Waals surface area (Å²) in [6.07, 6.45) is 0. The van der Waals surface area contributed by atoms with Gasteiger partial charge in [-0.3, -0.25) is 0 Å². The monoisotopic (exact) mass is 201 g/mol. The van der Waals surface area contributed by atoms with E-state index in [-0.39, 0.29) is 0 Å². The van der Waals surface area contributed by atoms with E-state index in [0.717, 1.165) is 37.8 Å². The van der Waals surface area contributed by atoms with E-state index in [4.69, 9.17) is 12.2 Å². The number of nitrogens with zero attached hydrogens (tertiary/aromatic N) is 1. The third-order valence-electron chi connectivity index (χ3n) is 2.07. The van der Waals surface area contributed by atoms with Crippen molar-refractivity contribution in [3.63, 3.8) is 0 Å². The Morgan fingerprint density at radius 3 is 2.62 bits per heavy atom. The summed E-state index contributed by atoms with van der Waals surface area (Å²) in [5.41, 5.74) is 0. The lowest BCUT2D eigenvalue weighted by Gasteiger charge is -2.30. The second-order valence-electron chi connectivity index (χ2n) is 3.82. The average Bonchev–Trinajstić information content (AvgIpc) is 2.15. The number of piperazine rings is 1. The second kappa shape index (κ2) is 5.40. The van der Waals surface area contributed by atoms with Crippen LogP contribution in [-0.4, -0.2) is 42.7 Å². The first-order valence-corrected chi connectivity index (χ1v) is 5.34. The molecule has 1 fully saturated rings. The lowest BCUT2D eigenvalue weighted by atomic mass is 10.2. The second-order valence-corrected chi connectivity index (χ2v) is 4.20. The number of hydrogen-bond donors (Lipinski definition) is 2. The minimum Gasteiger partial charge on any atom is -0.362 e. The maximum atomic E-state index is 5.28. The molecular weight excluding hydrogens is 182 g/mol. The predicted octanol–water partition coefficient (Wildman–Crippen LogP) is 0.422. The first kappa shape index (κ1) is 10.7. The lowest BCUT2D eigenvalue weighted by molar-refractivity contribution is 0.351. The van der Waals surface area contributed by atoms with E-state index in [2.05, 4.69) is 29.4 Å². The van der Waals surface area contributed by atoms with Crippen LogP contribution in [0.2, 0.25) is 0 Å². The SMILES string of the molecule is CC(C)CNC(=S)N1CCNCC1. The van der Waals surface area contributed by atoms with E-state index in [1.807, 2.05) is 0 Å². The molecule has 0 unspecified atom stereocenters. The fraction of sp³-hybridized carbons (Fsp3) is 0.889. The Morgan fingerprint density at radius 2 is 2.08 bits per heavy atom. The molecule has 0 atom stereocenters. The molecule has 3 nitrogen and oxygen atoms in total. The Balaban J connectivity index is 2.21. The summed E-state index contributed by atoms with van der Waals surface area (Å²) in [5.74, 6) is 0.654. The summed E-state index contributed by atoms with van der Waals surface area (Å²) in [4.78, 5) is 2.23. The minimum absolute atomic E-state index is 0.654. The van der Waals surface area contributed by atoms with Gasteiger partial charge < -0.3 is 15.5 Å². The van der Waals surface area contributed by atoms with Gasteiger partial charge in [-0.15, -0.1) is 0 Å². The molecule has 2 N–H and O–H groups in total. The third-order valence-corrected chi connectivity index (χ3v) is 2.47. The molecule has 0 bridgehead atoms. The van der Waals surface area contributed by atoms with Gasteiger partial charge in [0.2, 0.25) is 0 Å². The topological polar surface area (TPSA) is 27.3 Å². The van der Waals surface area contributed by atoms with E-state index in [0.29, 0.717) is 5.92 Å². The van der Waals surface area contributed by atoms with Crippen LogP contribution in [0, 0.1) is 5.92 Å². The van der Waals surface area contributed by atoms with Gasteiger partial charge in [-0.1, -0.05) is 13.8 Å². The molecular formula is C9H19N3S. The number of nitrogens with one attached hydrogen (secondary N) is 2. The molecule has 0 aliphatic carbocycles. The molecule has 1 aliphatic rings. The van der Waals surface area contributed by atoms with Crippen LogP contribution < -0.4 is 10.6 Å². The summed E-state index contributed by atoms with van der Waals surface area (Å²) >= 11 is 5.28. The smallest absolute Gasteiger partial charge is 0.169 e. The van der Waals surface area contributed by atoms with Gasteiger partial charge in [0.1, 0.15) is 0 Å². The van der Waals surface area contributed by atoms with Crippen molar-refractivity contribution < 1.29 is 0 Å². The predicted molar refractivity (Wildman–Crippen MR) is 59.9 cm³/mol. The highest BCUT2D eigenvalue weighted by Gasteiger charge is 2.12. The molecule has 1 rings (SSSR count). The first-order chi connectivity index (χ1) is 6.20. The average molecular weight is 201 g/mol. The Kier molecular flexibility index (Phi) is 4.45. The van der Waals surface area contributed by atoms with Crippen LogP contribution in [-0.2, 0) is 0 Å².